The molecule has 0 heterocycles. The highest BCUT2D eigenvalue weighted by atomic mass is 32.2. The molecule has 1 saturated carbocycles. The third kappa shape index (κ3) is 5.79. The fourth-order valence-corrected chi connectivity index (χ4v) is 3.81. The standard InChI is InChI=1S/C19H19F3N2O6S/c1-2-29-15-11-12(23-17(25)18(26)8-9-18)6-7-16(15)31(27,28)24-13-4-3-5-14(10-13)30-19(20,21)22/h3-7,10-11,24,26H,2,8-9H2,1H3,(H,23,25). The van der Waals surface area contributed by atoms with Crippen molar-refractivity contribution in [1.82, 2.24) is 0 Å². The molecule has 1 aliphatic carbocycles. The van der Waals surface area contributed by atoms with Crippen molar-refractivity contribution in [3.63, 3.8) is 0 Å². The maximum Gasteiger partial charge on any atom is 0.573 e. The van der Waals surface area contributed by atoms with E-state index in [9.17, 15) is 31.5 Å². The third-order valence-corrected chi connectivity index (χ3v) is 5.68. The quantitative estimate of drug-likeness (QED) is 0.557. The molecule has 0 radical (unpaired) electrons. The summed E-state index contributed by atoms with van der Waals surface area (Å²) >= 11 is 0. The summed E-state index contributed by atoms with van der Waals surface area (Å²) in [5.41, 5.74) is -1.35. The summed E-state index contributed by atoms with van der Waals surface area (Å²) in [6.45, 7) is 1.73. The Labute approximate surface area is 176 Å². The zero-order chi connectivity index (χ0) is 22.9. The van der Waals surface area contributed by atoms with E-state index in [1.165, 1.54) is 30.3 Å². The number of rotatable bonds is 8. The minimum Gasteiger partial charge on any atom is -0.492 e. The average Bonchev–Trinajstić information content (AvgIpc) is 3.39. The second-order valence-electron chi connectivity index (χ2n) is 6.76. The highest BCUT2D eigenvalue weighted by Gasteiger charge is 2.48. The molecule has 8 nitrogen and oxygen atoms in total. The van der Waals surface area contributed by atoms with Gasteiger partial charge in [-0.15, -0.1) is 13.2 Å². The third-order valence-electron chi connectivity index (χ3n) is 4.26. The number of alkyl halides is 3. The predicted molar refractivity (Wildman–Crippen MR) is 104 cm³/mol. The van der Waals surface area contributed by atoms with Gasteiger partial charge in [-0.1, -0.05) is 6.07 Å². The topological polar surface area (TPSA) is 114 Å². The molecule has 0 aliphatic heterocycles. The predicted octanol–water partition coefficient (Wildman–Crippen LogP) is 3.25. The number of anilines is 2. The van der Waals surface area contributed by atoms with Gasteiger partial charge in [0.2, 0.25) is 0 Å². The van der Waals surface area contributed by atoms with Crippen molar-refractivity contribution in [1.29, 1.82) is 0 Å². The number of carbonyl (C=O) groups excluding carboxylic acids is 1. The van der Waals surface area contributed by atoms with Crippen LogP contribution in [0.25, 0.3) is 0 Å². The molecule has 12 heteroatoms. The molecule has 1 fully saturated rings. The molecule has 0 bridgehead atoms. The Hall–Kier alpha value is -2.99. The highest BCUT2D eigenvalue weighted by molar-refractivity contribution is 7.92. The number of benzene rings is 2. The van der Waals surface area contributed by atoms with Crippen molar-refractivity contribution in [3.8, 4) is 11.5 Å². The van der Waals surface area contributed by atoms with Crippen LogP contribution in [0.2, 0.25) is 0 Å². The van der Waals surface area contributed by atoms with Crippen LogP contribution in [0.1, 0.15) is 19.8 Å². The molecule has 2 aromatic rings. The van der Waals surface area contributed by atoms with Gasteiger partial charge in [0.05, 0.1) is 12.3 Å². The lowest BCUT2D eigenvalue weighted by Gasteiger charge is -2.16. The Morgan fingerprint density at radius 3 is 2.48 bits per heavy atom. The van der Waals surface area contributed by atoms with Crippen LogP contribution in [0.5, 0.6) is 11.5 Å². The van der Waals surface area contributed by atoms with E-state index in [2.05, 4.69) is 14.8 Å². The summed E-state index contributed by atoms with van der Waals surface area (Å²) in [5, 5.41) is 12.3. The average molecular weight is 460 g/mol. The van der Waals surface area contributed by atoms with Gasteiger partial charge in [-0.2, -0.15) is 0 Å². The Morgan fingerprint density at radius 1 is 1.16 bits per heavy atom. The molecule has 31 heavy (non-hydrogen) atoms. The first kappa shape index (κ1) is 22.7. The van der Waals surface area contributed by atoms with Gasteiger partial charge in [0.15, 0.2) is 0 Å². The van der Waals surface area contributed by atoms with Gasteiger partial charge in [0.1, 0.15) is 22.0 Å². The SMILES string of the molecule is CCOc1cc(NC(=O)C2(O)CC2)ccc1S(=O)(=O)Nc1cccc(OC(F)(F)F)c1. The first-order chi connectivity index (χ1) is 14.4. The monoisotopic (exact) mass is 460 g/mol. The number of sulfonamides is 1. The number of hydrogen-bond acceptors (Lipinski definition) is 6. The number of carbonyl (C=O) groups is 1. The molecule has 1 amide bonds. The molecule has 0 spiro atoms. The van der Waals surface area contributed by atoms with Gasteiger partial charge in [-0.25, -0.2) is 8.42 Å². The van der Waals surface area contributed by atoms with Crippen molar-refractivity contribution in [2.75, 3.05) is 16.6 Å². The summed E-state index contributed by atoms with van der Waals surface area (Å²) in [6, 6.07) is 8.14. The number of amides is 1. The van der Waals surface area contributed by atoms with Crippen molar-refractivity contribution in [3.05, 3.63) is 42.5 Å². The summed E-state index contributed by atoms with van der Waals surface area (Å²) in [4.78, 5) is 11.7. The lowest BCUT2D eigenvalue weighted by Crippen LogP contribution is -2.29. The molecule has 1 aliphatic rings. The van der Waals surface area contributed by atoms with Gasteiger partial charge < -0.3 is 19.9 Å². The first-order valence-corrected chi connectivity index (χ1v) is 10.6. The normalized spacial score (nSPS) is 15.1. The molecule has 168 valence electrons. The van der Waals surface area contributed by atoms with Crippen molar-refractivity contribution >= 4 is 27.3 Å². The van der Waals surface area contributed by atoms with Crippen LogP contribution in [0.3, 0.4) is 0 Å². The van der Waals surface area contributed by atoms with Crippen molar-refractivity contribution in [2.45, 2.75) is 36.6 Å². The highest BCUT2D eigenvalue weighted by Crippen LogP contribution is 2.37. The smallest absolute Gasteiger partial charge is 0.492 e. The summed E-state index contributed by atoms with van der Waals surface area (Å²) < 4.78 is 74.1. The van der Waals surface area contributed by atoms with E-state index in [0.717, 1.165) is 12.1 Å². The molecular formula is C19H19F3N2O6S. The Morgan fingerprint density at radius 2 is 1.87 bits per heavy atom. The summed E-state index contributed by atoms with van der Waals surface area (Å²) in [6.07, 6.45) is -4.25. The minimum atomic E-state index is -4.92. The Balaban J connectivity index is 1.84. The molecule has 3 rings (SSSR count). The Bertz CT molecular complexity index is 1080. The van der Waals surface area contributed by atoms with Crippen LogP contribution in [0, 0.1) is 0 Å². The zero-order valence-electron chi connectivity index (χ0n) is 16.2. The van der Waals surface area contributed by atoms with Crippen molar-refractivity contribution < 1.29 is 41.0 Å². The number of hydrogen-bond donors (Lipinski definition) is 3. The maximum atomic E-state index is 12.8. The lowest BCUT2D eigenvalue weighted by atomic mass is 10.2. The van der Waals surface area contributed by atoms with E-state index >= 15 is 0 Å². The molecule has 0 aromatic heterocycles. The second-order valence-corrected chi connectivity index (χ2v) is 8.41. The fraction of sp³-hybridized carbons (Fsp3) is 0.316. The van der Waals surface area contributed by atoms with E-state index in [4.69, 9.17) is 4.74 Å². The molecule has 0 unspecified atom stereocenters. The number of aliphatic hydroxyl groups is 1. The zero-order valence-corrected chi connectivity index (χ0v) is 17.0. The van der Waals surface area contributed by atoms with Crippen LogP contribution in [-0.2, 0) is 14.8 Å². The van der Waals surface area contributed by atoms with E-state index in [0.29, 0.717) is 12.8 Å². The molecule has 0 saturated heterocycles. The van der Waals surface area contributed by atoms with Crippen molar-refractivity contribution in [2.24, 2.45) is 0 Å². The van der Waals surface area contributed by atoms with Gasteiger partial charge in [-0.3, -0.25) is 9.52 Å². The van der Waals surface area contributed by atoms with Crippen LogP contribution in [0.4, 0.5) is 24.5 Å². The maximum absolute atomic E-state index is 12.8. The molecular weight excluding hydrogens is 441 g/mol. The fourth-order valence-electron chi connectivity index (χ4n) is 2.64. The largest absolute Gasteiger partial charge is 0.573 e. The number of nitrogens with one attached hydrogen (secondary N) is 2. The summed E-state index contributed by atoms with van der Waals surface area (Å²) in [7, 11) is -4.26. The van der Waals surface area contributed by atoms with E-state index in [1.54, 1.807) is 6.92 Å². The van der Waals surface area contributed by atoms with Crippen LogP contribution in [0.15, 0.2) is 47.4 Å². The Kier molecular flexibility index (Phi) is 6.05. The first-order valence-electron chi connectivity index (χ1n) is 9.11. The number of ether oxygens (including phenoxy) is 2. The minimum absolute atomic E-state index is 0.0849. The van der Waals surface area contributed by atoms with Gasteiger partial charge in [0.25, 0.3) is 15.9 Å². The molecule has 2 aromatic carbocycles. The van der Waals surface area contributed by atoms with E-state index < -0.39 is 33.6 Å². The second kappa shape index (κ2) is 8.27. The molecule has 0 atom stereocenters. The van der Waals surface area contributed by atoms with Crippen LogP contribution < -0.4 is 19.5 Å². The summed E-state index contributed by atoms with van der Waals surface area (Å²) in [5.74, 6) is -1.28. The molecule has 3 N–H and O–H groups in total. The van der Waals surface area contributed by atoms with Gasteiger partial charge in [0, 0.05) is 17.8 Å². The van der Waals surface area contributed by atoms with Crippen LogP contribution in [-0.4, -0.2) is 38.0 Å². The van der Waals surface area contributed by atoms with E-state index in [1.807, 2.05) is 0 Å². The van der Waals surface area contributed by atoms with Gasteiger partial charge in [-0.05, 0) is 44.0 Å². The lowest BCUT2D eigenvalue weighted by molar-refractivity contribution is -0.274. The number of halogens is 3. The van der Waals surface area contributed by atoms with E-state index in [-0.39, 0.29) is 28.6 Å². The van der Waals surface area contributed by atoms with Gasteiger partial charge >= 0.3 is 6.36 Å². The van der Waals surface area contributed by atoms with Crippen LogP contribution >= 0.6 is 0 Å².